The fourth-order valence-corrected chi connectivity index (χ4v) is 2.39. The maximum atomic E-state index is 12.0. The molecule has 6 nitrogen and oxygen atoms in total. The second-order valence-corrected chi connectivity index (χ2v) is 5.11. The Kier molecular flexibility index (Phi) is 5.41. The molecule has 0 bridgehead atoms. The number of nitrogens with two attached hydrogens (primary N) is 1. The fraction of sp³-hybridized carbons (Fsp3) is 0.429. The second kappa shape index (κ2) is 7.28. The van der Waals surface area contributed by atoms with Gasteiger partial charge < -0.3 is 20.7 Å². The number of anilines is 1. The van der Waals surface area contributed by atoms with Gasteiger partial charge in [0.2, 0.25) is 5.91 Å². The van der Waals surface area contributed by atoms with Crippen LogP contribution in [0.5, 0.6) is 0 Å². The zero-order valence-corrected chi connectivity index (χ0v) is 12.4. The maximum Gasteiger partial charge on any atom is 0.254 e. The van der Waals surface area contributed by atoms with Crippen molar-refractivity contribution in [1.82, 2.24) is 10.2 Å². The Morgan fingerprint density at radius 2 is 2.05 bits per heavy atom. The van der Waals surface area contributed by atoms with Gasteiger partial charge in [0.15, 0.2) is 0 Å². The second-order valence-electron chi connectivity index (χ2n) is 4.70. The van der Waals surface area contributed by atoms with Crippen LogP contribution in [0.1, 0.15) is 16.8 Å². The third kappa shape index (κ3) is 4.09. The van der Waals surface area contributed by atoms with Gasteiger partial charge in [0, 0.05) is 31.7 Å². The van der Waals surface area contributed by atoms with E-state index in [1.165, 1.54) is 0 Å². The largest absolute Gasteiger partial charge is 0.398 e. The fourth-order valence-electron chi connectivity index (χ4n) is 2.12. The minimum Gasteiger partial charge on any atom is -0.398 e. The number of hydrogen-bond donors (Lipinski definition) is 2. The Balaban J connectivity index is 1.83. The van der Waals surface area contributed by atoms with Gasteiger partial charge in [-0.05, 0) is 12.1 Å². The first-order valence-electron chi connectivity index (χ1n) is 6.77. The third-order valence-corrected chi connectivity index (χ3v) is 3.58. The molecule has 0 aromatic heterocycles. The van der Waals surface area contributed by atoms with Gasteiger partial charge in [0.25, 0.3) is 5.91 Å². The van der Waals surface area contributed by atoms with Gasteiger partial charge in [-0.15, -0.1) is 0 Å². The van der Waals surface area contributed by atoms with Crippen molar-refractivity contribution in [2.45, 2.75) is 6.42 Å². The average Bonchev–Trinajstić information content (AvgIpc) is 2.48. The molecule has 1 saturated heterocycles. The lowest BCUT2D eigenvalue weighted by atomic mass is 10.1. The van der Waals surface area contributed by atoms with E-state index in [2.05, 4.69) is 5.32 Å². The SMILES string of the molecule is Nc1cccc(Cl)c1C(=O)NCCC(=O)N1CCOCC1. The lowest BCUT2D eigenvalue weighted by Gasteiger charge is -2.26. The van der Waals surface area contributed by atoms with Crippen molar-refractivity contribution in [3.8, 4) is 0 Å². The zero-order valence-electron chi connectivity index (χ0n) is 11.6. The number of halogens is 1. The summed E-state index contributed by atoms with van der Waals surface area (Å²) in [6.45, 7) is 2.58. The Morgan fingerprint density at radius 3 is 2.71 bits per heavy atom. The Hall–Kier alpha value is -1.79. The van der Waals surface area contributed by atoms with E-state index in [9.17, 15) is 9.59 Å². The number of ether oxygens (including phenoxy) is 1. The average molecular weight is 312 g/mol. The highest BCUT2D eigenvalue weighted by Gasteiger charge is 2.17. The zero-order chi connectivity index (χ0) is 15.2. The molecular weight excluding hydrogens is 294 g/mol. The highest BCUT2D eigenvalue weighted by atomic mass is 35.5. The van der Waals surface area contributed by atoms with Gasteiger partial charge in [0.05, 0.1) is 23.8 Å². The molecule has 0 aliphatic carbocycles. The van der Waals surface area contributed by atoms with Crippen LogP contribution in [0, 0.1) is 0 Å². The van der Waals surface area contributed by atoms with E-state index >= 15 is 0 Å². The van der Waals surface area contributed by atoms with Crippen molar-refractivity contribution in [3.63, 3.8) is 0 Å². The summed E-state index contributed by atoms with van der Waals surface area (Å²) in [4.78, 5) is 25.7. The van der Waals surface area contributed by atoms with E-state index in [0.29, 0.717) is 37.0 Å². The molecule has 0 atom stereocenters. The Bertz CT molecular complexity index is 510. The van der Waals surface area contributed by atoms with Crippen LogP contribution in [0.2, 0.25) is 5.02 Å². The van der Waals surface area contributed by atoms with E-state index in [4.69, 9.17) is 22.1 Å². The van der Waals surface area contributed by atoms with Crippen molar-refractivity contribution < 1.29 is 14.3 Å². The van der Waals surface area contributed by atoms with Crippen LogP contribution in [-0.4, -0.2) is 49.6 Å². The number of nitrogen functional groups attached to an aromatic ring is 1. The molecule has 1 aromatic carbocycles. The summed E-state index contributed by atoms with van der Waals surface area (Å²) in [6.07, 6.45) is 0.246. The van der Waals surface area contributed by atoms with Gasteiger partial charge in [-0.3, -0.25) is 9.59 Å². The van der Waals surface area contributed by atoms with Gasteiger partial charge in [-0.2, -0.15) is 0 Å². The Morgan fingerprint density at radius 1 is 1.33 bits per heavy atom. The molecule has 2 amide bonds. The molecule has 1 aromatic rings. The highest BCUT2D eigenvalue weighted by Crippen LogP contribution is 2.21. The molecular formula is C14H18ClN3O3. The van der Waals surface area contributed by atoms with Gasteiger partial charge in [0.1, 0.15) is 0 Å². The summed E-state index contributed by atoms with van der Waals surface area (Å²) in [5, 5.41) is 2.97. The maximum absolute atomic E-state index is 12.0. The monoisotopic (exact) mass is 311 g/mol. The molecule has 1 fully saturated rings. The number of carbonyl (C=O) groups excluding carboxylic acids is 2. The van der Waals surface area contributed by atoms with Crippen molar-refractivity contribution in [1.29, 1.82) is 0 Å². The summed E-state index contributed by atoms with van der Waals surface area (Å²) in [5.41, 5.74) is 6.30. The highest BCUT2D eigenvalue weighted by molar-refractivity contribution is 6.34. The van der Waals surface area contributed by atoms with Crippen LogP contribution in [0.3, 0.4) is 0 Å². The van der Waals surface area contributed by atoms with E-state index in [1.807, 2.05) is 0 Å². The number of amides is 2. The minimum atomic E-state index is -0.368. The van der Waals surface area contributed by atoms with Crippen LogP contribution in [-0.2, 0) is 9.53 Å². The molecule has 21 heavy (non-hydrogen) atoms. The normalized spacial score (nSPS) is 14.8. The minimum absolute atomic E-state index is 0.00531. The lowest BCUT2D eigenvalue weighted by molar-refractivity contribution is -0.135. The lowest BCUT2D eigenvalue weighted by Crippen LogP contribution is -2.42. The van der Waals surface area contributed by atoms with E-state index in [1.54, 1.807) is 23.1 Å². The molecule has 1 aliphatic rings. The predicted octanol–water partition coefficient (Wildman–Crippen LogP) is 0.901. The molecule has 1 aliphatic heterocycles. The van der Waals surface area contributed by atoms with Crippen LogP contribution in [0.4, 0.5) is 5.69 Å². The number of hydrogen-bond acceptors (Lipinski definition) is 4. The van der Waals surface area contributed by atoms with Crippen molar-refractivity contribution in [3.05, 3.63) is 28.8 Å². The molecule has 1 heterocycles. The summed E-state index contributed by atoms with van der Waals surface area (Å²) in [7, 11) is 0. The smallest absolute Gasteiger partial charge is 0.254 e. The number of morpholine rings is 1. The first kappa shape index (κ1) is 15.6. The molecule has 114 valence electrons. The number of carbonyl (C=O) groups is 2. The van der Waals surface area contributed by atoms with Gasteiger partial charge >= 0.3 is 0 Å². The Labute approximate surface area is 128 Å². The number of benzene rings is 1. The first-order chi connectivity index (χ1) is 10.1. The standard InChI is InChI=1S/C14H18ClN3O3/c15-10-2-1-3-11(16)13(10)14(20)17-5-4-12(19)18-6-8-21-9-7-18/h1-3H,4-9,16H2,(H,17,20). The number of nitrogens with one attached hydrogen (secondary N) is 1. The molecule has 0 saturated carbocycles. The van der Waals surface area contributed by atoms with Gasteiger partial charge in [-0.1, -0.05) is 17.7 Å². The van der Waals surface area contributed by atoms with Crippen LogP contribution < -0.4 is 11.1 Å². The summed E-state index contributed by atoms with van der Waals surface area (Å²) in [5.74, 6) is -0.362. The summed E-state index contributed by atoms with van der Waals surface area (Å²) < 4.78 is 5.18. The number of rotatable bonds is 4. The first-order valence-corrected chi connectivity index (χ1v) is 7.15. The third-order valence-electron chi connectivity index (χ3n) is 3.26. The van der Waals surface area contributed by atoms with E-state index in [0.717, 1.165) is 0 Å². The molecule has 7 heteroatoms. The van der Waals surface area contributed by atoms with Crippen molar-refractivity contribution >= 4 is 29.1 Å². The van der Waals surface area contributed by atoms with Gasteiger partial charge in [-0.25, -0.2) is 0 Å². The molecule has 3 N–H and O–H groups in total. The van der Waals surface area contributed by atoms with Crippen LogP contribution in [0.15, 0.2) is 18.2 Å². The number of nitrogens with zero attached hydrogens (tertiary/aromatic N) is 1. The topological polar surface area (TPSA) is 84.7 Å². The molecule has 0 spiro atoms. The van der Waals surface area contributed by atoms with Crippen LogP contribution >= 0.6 is 11.6 Å². The van der Waals surface area contributed by atoms with Crippen molar-refractivity contribution in [2.24, 2.45) is 0 Å². The van der Waals surface area contributed by atoms with E-state index < -0.39 is 0 Å². The summed E-state index contributed by atoms with van der Waals surface area (Å²) in [6, 6.07) is 4.89. The molecule has 0 radical (unpaired) electrons. The quantitative estimate of drug-likeness (QED) is 0.809. The van der Waals surface area contributed by atoms with Crippen molar-refractivity contribution in [2.75, 3.05) is 38.6 Å². The molecule has 0 unspecified atom stereocenters. The summed E-state index contributed by atoms with van der Waals surface area (Å²) >= 11 is 5.96. The molecule has 2 rings (SSSR count). The van der Waals surface area contributed by atoms with Crippen LogP contribution in [0.25, 0.3) is 0 Å². The predicted molar refractivity (Wildman–Crippen MR) is 80.2 cm³/mol. The van der Waals surface area contributed by atoms with E-state index in [-0.39, 0.29) is 30.3 Å².